The zero-order chi connectivity index (χ0) is 15.6. The molecule has 0 aromatic heterocycles. The van der Waals surface area contributed by atoms with E-state index in [0.29, 0.717) is 13.1 Å². The molecule has 0 aliphatic rings. The van der Waals surface area contributed by atoms with Crippen LogP contribution in [0.5, 0.6) is 0 Å². The van der Waals surface area contributed by atoms with Crippen LogP contribution in [0.25, 0.3) is 0 Å². The van der Waals surface area contributed by atoms with Gasteiger partial charge in [-0.2, -0.15) is 13.2 Å². The lowest BCUT2D eigenvalue weighted by molar-refractivity contribution is -0.138. The summed E-state index contributed by atoms with van der Waals surface area (Å²) in [6, 6.07) is 4.95. The van der Waals surface area contributed by atoms with Crippen molar-refractivity contribution >= 4 is 5.78 Å². The zero-order valence-electron chi connectivity index (χ0n) is 12.2. The Morgan fingerprint density at radius 3 is 2.05 bits per heavy atom. The average molecular weight is 287 g/mol. The average Bonchev–Trinajstić information content (AvgIpc) is 2.38. The van der Waals surface area contributed by atoms with Crippen molar-refractivity contribution < 1.29 is 18.0 Å². The van der Waals surface area contributed by atoms with Crippen molar-refractivity contribution in [2.75, 3.05) is 13.1 Å². The first-order chi connectivity index (χ1) is 9.16. The maximum absolute atomic E-state index is 13.0. The van der Waals surface area contributed by atoms with E-state index in [-0.39, 0.29) is 5.56 Å². The Bertz CT molecular complexity index is 476. The van der Waals surface area contributed by atoms with E-state index in [9.17, 15) is 18.0 Å². The van der Waals surface area contributed by atoms with E-state index in [1.54, 1.807) is 13.8 Å². The molecule has 0 fully saturated rings. The van der Waals surface area contributed by atoms with Crippen LogP contribution in [0.15, 0.2) is 24.3 Å². The molecule has 1 aromatic rings. The Morgan fingerprint density at radius 2 is 1.60 bits per heavy atom. The van der Waals surface area contributed by atoms with Gasteiger partial charge in [-0.3, -0.25) is 9.69 Å². The number of alkyl halides is 3. The number of halogens is 3. The van der Waals surface area contributed by atoms with E-state index in [1.165, 1.54) is 18.2 Å². The van der Waals surface area contributed by atoms with Gasteiger partial charge in [-0.05, 0) is 33.0 Å². The molecule has 2 nitrogen and oxygen atoms in total. The number of benzene rings is 1. The Labute approximate surface area is 117 Å². The summed E-state index contributed by atoms with van der Waals surface area (Å²) in [7, 11) is 0. The van der Waals surface area contributed by atoms with E-state index in [0.717, 1.165) is 6.07 Å². The summed E-state index contributed by atoms with van der Waals surface area (Å²) in [6.45, 7) is 8.29. The van der Waals surface area contributed by atoms with Crippen LogP contribution in [0.4, 0.5) is 13.2 Å². The predicted octanol–water partition coefficient (Wildman–Crippen LogP) is 4.01. The van der Waals surface area contributed by atoms with Crippen LogP contribution in [0, 0.1) is 0 Å². The highest BCUT2D eigenvalue weighted by Gasteiger charge is 2.40. The number of ketones is 1. The topological polar surface area (TPSA) is 20.3 Å². The fourth-order valence-corrected chi connectivity index (χ4v) is 2.42. The molecule has 0 aliphatic heterocycles. The van der Waals surface area contributed by atoms with Gasteiger partial charge in [0, 0.05) is 5.56 Å². The monoisotopic (exact) mass is 287 g/mol. The number of hydrogen-bond acceptors (Lipinski definition) is 2. The van der Waals surface area contributed by atoms with Crippen LogP contribution in [0.2, 0.25) is 0 Å². The van der Waals surface area contributed by atoms with Crippen LogP contribution in [0.1, 0.15) is 43.6 Å². The van der Waals surface area contributed by atoms with Crippen LogP contribution in [0.3, 0.4) is 0 Å². The molecule has 0 atom stereocenters. The first-order valence-corrected chi connectivity index (χ1v) is 6.62. The largest absolute Gasteiger partial charge is 0.417 e. The van der Waals surface area contributed by atoms with Crippen LogP contribution >= 0.6 is 0 Å². The molecule has 5 heteroatoms. The molecule has 0 aliphatic carbocycles. The Kier molecular flexibility index (Phi) is 4.97. The molecule has 1 rings (SSSR count). The van der Waals surface area contributed by atoms with Crippen LogP contribution in [-0.2, 0) is 6.18 Å². The molecule has 0 bridgehead atoms. The zero-order valence-corrected chi connectivity index (χ0v) is 12.2. The van der Waals surface area contributed by atoms with Gasteiger partial charge >= 0.3 is 6.18 Å². The second kappa shape index (κ2) is 5.95. The van der Waals surface area contributed by atoms with Gasteiger partial charge in [0.2, 0.25) is 0 Å². The van der Waals surface area contributed by atoms with Gasteiger partial charge in [-0.15, -0.1) is 0 Å². The first kappa shape index (κ1) is 16.7. The van der Waals surface area contributed by atoms with Crippen LogP contribution in [-0.4, -0.2) is 29.3 Å². The second-order valence-electron chi connectivity index (χ2n) is 5.10. The van der Waals surface area contributed by atoms with Crippen molar-refractivity contribution in [3.63, 3.8) is 0 Å². The molecule has 1 aromatic carbocycles. The molecule has 0 heterocycles. The van der Waals surface area contributed by atoms with Gasteiger partial charge in [0.1, 0.15) is 0 Å². The molecule has 0 spiro atoms. The fraction of sp³-hybridized carbons (Fsp3) is 0.533. The number of carbonyl (C=O) groups is 1. The maximum atomic E-state index is 13.0. The highest BCUT2D eigenvalue weighted by molar-refractivity contribution is 6.04. The van der Waals surface area contributed by atoms with Gasteiger partial charge in [-0.25, -0.2) is 0 Å². The van der Waals surface area contributed by atoms with Gasteiger partial charge in [0.25, 0.3) is 0 Å². The Balaban J connectivity index is 3.29. The lowest BCUT2D eigenvalue weighted by atomic mass is 9.88. The summed E-state index contributed by atoms with van der Waals surface area (Å²) in [5.41, 5.74) is -2.10. The minimum absolute atomic E-state index is 0.267. The third-order valence-corrected chi connectivity index (χ3v) is 3.59. The van der Waals surface area contributed by atoms with E-state index in [1.807, 2.05) is 18.7 Å². The van der Waals surface area contributed by atoms with Gasteiger partial charge in [-0.1, -0.05) is 32.0 Å². The van der Waals surface area contributed by atoms with Crippen molar-refractivity contribution in [3.8, 4) is 0 Å². The van der Waals surface area contributed by atoms with Gasteiger partial charge in [0.15, 0.2) is 5.78 Å². The van der Waals surface area contributed by atoms with Gasteiger partial charge in [0.05, 0.1) is 11.1 Å². The molecule has 0 unspecified atom stereocenters. The van der Waals surface area contributed by atoms with Crippen molar-refractivity contribution in [1.82, 2.24) is 4.90 Å². The first-order valence-electron chi connectivity index (χ1n) is 6.62. The molecule has 0 radical (unpaired) electrons. The fourth-order valence-electron chi connectivity index (χ4n) is 2.42. The van der Waals surface area contributed by atoms with Crippen molar-refractivity contribution in [3.05, 3.63) is 35.4 Å². The van der Waals surface area contributed by atoms with Crippen molar-refractivity contribution in [2.45, 2.75) is 39.4 Å². The number of Topliss-reactive ketones (excluding diaryl/α,β-unsaturated/α-hetero) is 1. The standard InChI is InChI=1S/C15H20F3NO/c1-5-19(6-2)14(3,4)13(20)11-9-7-8-10-12(11)15(16,17)18/h7-10H,5-6H2,1-4H3. The Morgan fingerprint density at radius 1 is 1.10 bits per heavy atom. The number of likely N-dealkylation sites (N-methyl/N-ethyl adjacent to an activating group) is 1. The van der Waals surface area contributed by atoms with Crippen LogP contribution < -0.4 is 0 Å². The van der Waals surface area contributed by atoms with E-state index < -0.39 is 23.1 Å². The summed E-state index contributed by atoms with van der Waals surface area (Å²) in [5, 5.41) is 0. The SMILES string of the molecule is CCN(CC)C(C)(C)C(=O)c1ccccc1C(F)(F)F. The highest BCUT2D eigenvalue weighted by atomic mass is 19.4. The molecular weight excluding hydrogens is 267 g/mol. The normalized spacial score (nSPS) is 12.8. The number of nitrogens with zero attached hydrogens (tertiary/aromatic N) is 1. The minimum Gasteiger partial charge on any atom is -0.292 e. The smallest absolute Gasteiger partial charge is 0.292 e. The van der Waals surface area contributed by atoms with Gasteiger partial charge < -0.3 is 0 Å². The molecule has 0 amide bonds. The number of hydrogen-bond donors (Lipinski definition) is 0. The quantitative estimate of drug-likeness (QED) is 0.763. The van der Waals surface area contributed by atoms with Crippen molar-refractivity contribution in [2.24, 2.45) is 0 Å². The molecular formula is C15H20F3NO. The number of rotatable bonds is 5. The highest BCUT2D eigenvalue weighted by Crippen LogP contribution is 2.34. The minimum atomic E-state index is -4.52. The molecule has 0 N–H and O–H groups in total. The number of carbonyl (C=O) groups excluding carboxylic acids is 1. The summed E-state index contributed by atoms with van der Waals surface area (Å²) >= 11 is 0. The van der Waals surface area contributed by atoms with E-state index in [2.05, 4.69) is 0 Å². The van der Waals surface area contributed by atoms with E-state index >= 15 is 0 Å². The lowest BCUT2D eigenvalue weighted by Gasteiger charge is -2.36. The molecule has 112 valence electrons. The lowest BCUT2D eigenvalue weighted by Crippen LogP contribution is -2.50. The molecule has 20 heavy (non-hydrogen) atoms. The molecule has 0 saturated heterocycles. The third-order valence-electron chi connectivity index (χ3n) is 3.59. The maximum Gasteiger partial charge on any atom is 0.417 e. The summed E-state index contributed by atoms with van der Waals surface area (Å²) in [5.74, 6) is -0.505. The summed E-state index contributed by atoms with van der Waals surface area (Å²) < 4.78 is 39.0. The van der Waals surface area contributed by atoms with Crippen molar-refractivity contribution in [1.29, 1.82) is 0 Å². The van der Waals surface area contributed by atoms with E-state index in [4.69, 9.17) is 0 Å². The molecule has 0 saturated carbocycles. The summed E-state index contributed by atoms with van der Waals surface area (Å²) in [6.07, 6.45) is -4.52. The Hall–Kier alpha value is -1.36. The summed E-state index contributed by atoms with van der Waals surface area (Å²) in [4.78, 5) is 14.4. The third kappa shape index (κ3) is 3.20. The second-order valence-corrected chi connectivity index (χ2v) is 5.10. The predicted molar refractivity (Wildman–Crippen MR) is 72.8 cm³/mol.